The van der Waals surface area contributed by atoms with Crippen LogP contribution in [0.2, 0.25) is 0 Å². The lowest BCUT2D eigenvalue weighted by Gasteiger charge is -2.41. The third-order valence-electron chi connectivity index (χ3n) is 4.11. The molecule has 0 aromatic rings. The number of rotatable bonds is 7. The minimum atomic E-state index is -1.05. The Morgan fingerprint density at radius 1 is 1.27 bits per heavy atom. The molecule has 0 radical (unpaired) electrons. The Labute approximate surface area is 154 Å². The van der Waals surface area contributed by atoms with Gasteiger partial charge >= 0.3 is 12.1 Å². The van der Waals surface area contributed by atoms with E-state index in [1.54, 1.807) is 20.8 Å². The molecule has 26 heavy (non-hydrogen) atoms. The van der Waals surface area contributed by atoms with Crippen molar-refractivity contribution >= 4 is 18.0 Å². The van der Waals surface area contributed by atoms with Crippen LogP contribution in [0.4, 0.5) is 4.79 Å². The van der Waals surface area contributed by atoms with Crippen LogP contribution in [0.5, 0.6) is 0 Å². The number of amides is 2. The number of ether oxygens (including phenoxy) is 4. The lowest BCUT2D eigenvalue weighted by molar-refractivity contribution is -0.284. The molecule has 2 amide bonds. The molecule has 0 aromatic carbocycles. The lowest BCUT2D eigenvalue weighted by Crippen LogP contribution is -2.57. The van der Waals surface area contributed by atoms with E-state index in [2.05, 4.69) is 10.1 Å². The van der Waals surface area contributed by atoms with Crippen LogP contribution in [0, 0.1) is 5.92 Å². The molecular weight excluding hydrogens is 344 g/mol. The minimum Gasteiger partial charge on any atom is -0.468 e. The van der Waals surface area contributed by atoms with Crippen molar-refractivity contribution in [3.63, 3.8) is 0 Å². The predicted octanol–water partition coefficient (Wildman–Crippen LogP) is 0.910. The molecule has 3 unspecified atom stereocenters. The van der Waals surface area contributed by atoms with Crippen molar-refractivity contribution in [1.82, 2.24) is 10.2 Å². The molecule has 150 valence electrons. The van der Waals surface area contributed by atoms with Crippen molar-refractivity contribution < 1.29 is 33.3 Å². The molecule has 1 rings (SSSR count). The highest BCUT2D eigenvalue weighted by Gasteiger charge is 2.39. The molecule has 1 N–H and O–H groups in total. The van der Waals surface area contributed by atoms with Gasteiger partial charge < -0.3 is 29.2 Å². The molecule has 0 spiro atoms. The molecule has 1 saturated heterocycles. The second-order valence-corrected chi connectivity index (χ2v) is 6.83. The summed E-state index contributed by atoms with van der Waals surface area (Å²) in [6, 6.07) is -0.864. The Morgan fingerprint density at radius 3 is 2.42 bits per heavy atom. The Balaban J connectivity index is 3.00. The maximum absolute atomic E-state index is 13.0. The summed E-state index contributed by atoms with van der Waals surface area (Å²) in [7, 11) is 2.46. The highest BCUT2D eigenvalue weighted by molar-refractivity contribution is 5.88. The summed E-state index contributed by atoms with van der Waals surface area (Å²) in [6.07, 6.45) is -0.00280. The predicted molar refractivity (Wildman–Crippen MR) is 92.3 cm³/mol. The number of esters is 1. The van der Waals surface area contributed by atoms with Gasteiger partial charge in [-0.25, -0.2) is 4.79 Å². The Kier molecular flexibility index (Phi) is 8.29. The summed E-state index contributed by atoms with van der Waals surface area (Å²) >= 11 is 0. The number of alkyl carbamates (subject to hydrolysis) is 1. The zero-order valence-electron chi connectivity index (χ0n) is 16.4. The van der Waals surface area contributed by atoms with Crippen LogP contribution >= 0.6 is 0 Å². The van der Waals surface area contributed by atoms with E-state index in [4.69, 9.17) is 14.2 Å². The lowest BCUT2D eigenvalue weighted by atomic mass is 10.0. The fourth-order valence-electron chi connectivity index (χ4n) is 2.72. The SMILES string of the molecule is COC(=O)CN(CC1(C)OCCC(C)O1)C(=O)C(NC(=O)OC)C(C)C. The fourth-order valence-corrected chi connectivity index (χ4v) is 2.72. The van der Waals surface area contributed by atoms with E-state index in [9.17, 15) is 14.4 Å². The van der Waals surface area contributed by atoms with E-state index in [0.717, 1.165) is 6.42 Å². The molecule has 0 aromatic heterocycles. The monoisotopic (exact) mass is 374 g/mol. The number of hydrogen-bond acceptors (Lipinski definition) is 7. The van der Waals surface area contributed by atoms with Gasteiger partial charge in [-0.3, -0.25) is 9.59 Å². The van der Waals surface area contributed by atoms with Crippen LogP contribution in [-0.2, 0) is 28.5 Å². The number of hydrogen-bond donors (Lipinski definition) is 1. The molecule has 1 heterocycles. The molecule has 1 aliphatic heterocycles. The molecular formula is C17H30N2O7. The normalized spacial score (nSPS) is 23.9. The molecule has 0 saturated carbocycles. The Hall–Kier alpha value is -1.87. The van der Waals surface area contributed by atoms with E-state index in [1.807, 2.05) is 6.92 Å². The van der Waals surface area contributed by atoms with Crippen LogP contribution in [0.1, 0.15) is 34.1 Å². The highest BCUT2D eigenvalue weighted by atomic mass is 16.7. The molecule has 3 atom stereocenters. The van der Waals surface area contributed by atoms with Gasteiger partial charge in [0.2, 0.25) is 5.91 Å². The largest absolute Gasteiger partial charge is 0.468 e. The summed E-state index contributed by atoms with van der Waals surface area (Å²) in [5, 5.41) is 2.51. The smallest absolute Gasteiger partial charge is 0.407 e. The highest BCUT2D eigenvalue weighted by Crippen LogP contribution is 2.24. The van der Waals surface area contributed by atoms with Crippen molar-refractivity contribution in [2.75, 3.05) is 33.9 Å². The van der Waals surface area contributed by atoms with Crippen molar-refractivity contribution in [3.05, 3.63) is 0 Å². The van der Waals surface area contributed by atoms with Crippen LogP contribution in [-0.4, -0.2) is 74.7 Å². The summed E-state index contributed by atoms with van der Waals surface area (Å²) in [5.41, 5.74) is 0. The van der Waals surface area contributed by atoms with Gasteiger partial charge in [-0.15, -0.1) is 0 Å². The van der Waals surface area contributed by atoms with Gasteiger partial charge in [0.25, 0.3) is 0 Å². The third kappa shape index (κ3) is 6.45. The van der Waals surface area contributed by atoms with Crippen LogP contribution in [0.15, 0.2) is 0 Å². The van der Waals surface area contributed by atoms with E-state index in [0.29, 0.717) is 6.61 Å². The van der Waals surface area contributed by atoms with Gasteiger partial charge in [0.05, 0.1) is 33.5 Å². The van der Waals surface area contributed by atoms with Crippen LogP contribution in [0.25, 0.3) is 0 Å². The third-order valence-corrected chi connectivity index (χ3v) is 4.11. The number of carbonyl (C=O) groups excluding carboxylic acids is 3. The standard InChI is InChI=1S/C17H30N2O7/c1-11(2)14(18-16(22)24-6)15(21)19(9-13(20)23-5)10-17(4)25-8-7-12(3)26-17/h11-12,14H,7-10H2,1-6H3,(H,18,22). The second-order valence-electron chi connectivity index (χ2n) is 6.83. The van der Waals surface area contributed by atoms with Crippen LogP contribution < -0.4 is 5.32 Å². The van der Waals surface area contributed by atoms with E-state index in [-0.39, 0.29) is 25.1 Å². The average Bonchev–Trinajstić information content (AvgIpc) is 2.57. The van der Waals surface area contributed by atoms with Gasteiger partial charge in [0, 0.05) is 0 Å². The van der Waals surface area contributed by atoms with Crippen LogP contribution in [0.3, 0.4) is 0 Å². The zero-order chi connectivity index (χ0) is 19.9. The van der Waals surface area contributed by atoms with Crippen molar-refractivity contribution in [2.24, 2.45) is 5.92 Å². The topological polar surface area (TPSA) is 103 Å². The molecule has 0 aliphatic carbocycles. The maximum atomic E-state index is 13.0. The maximum Gasteiger partial charge on any atom is 0.407 e. The molecule has 1 aliphatic rings. The molecule has 9 nitrogen and oxygen atoms in total. The first-order valence-electron chi connectivity index (χ1n) is 8.63. The van der Waals surface area contributed by atoms with E-state index in [1.165, 1.54) is 19.1 Å². The van der Waals surface area contributed by atoms with Gasteiger partial charge in [0.1, 0.15) is 12.6 Å². The van der Waals surface area contributed by atoms with Gasteiger partial charge in [-0.1, -0.05) is 13.8 Å². The fraction of sp³-hybridized carbons (Fsp3) is 0.824. The van der Waals surface area contributed by atoms with E-state index < -0.39 is 29.8 Å². The minimum absolute atomic E-state index is 0.0251. The molecule has 0 bridgehead atoms. The van der Waals surface area contributed by atoms with E-state index >= 15 is 0 Å². The first-order chi connectivity index (χ1) is 12.1. The quantitative estimate of drug-likeness (QED) is 0.661. The Bertz CT molecular complexity index is 511. The van der Waals surface area contributed by atoms with Crippen molar-refractivity contribution in [2.45, 2.75) is 52.0 Å². The van der Waals surface area contributed by atoms with Crippen molar-refractivity contribution in [3.8, 4) is 0 Å². The molecule has 9 heteroatoms. The second kappa shape index (κ2) is 9.72. The summed E-state index contributed by atoms with van der Waals surface area (Å²) < 4.78 is 20.8. The first-order valence-corrected chi connectivity index (χ1v) is 8.63. The summed E-state index contributed by atoms with van der Waals surface area (Å²) in [5.74, 6) is -2.29. The van der Waals surface area contributed by atoms with Gasteiger partial charge in [0.15, 0.2) is 5.79 Å². The summed E-state index contributed by atoms with van der Waals surface area (Å²) in [6.45, 7) is 7.45. The van der Waals surface area contributed by atoms with Crippen molar-refractivity contribution in [1.29, 1.82) is 0 Å². The molecule has 1 fully saturated rings. The number of carbonyl (C=O) groups is 3. The first kappa shape index (κ1) is 22.2. The summed E-state index contributed by atoms with van der Waals surface area (Å²) in [4.78, 5) is 37.7. The van der Waals surface area contributed by atoms with Gasteiger partial charge in [-0.2, -0.15) is 0 Å². The Morgan fingerprint density at radius 2 is 1.92 bits per heavy atom. The number of methoxy groups -OCH3 is 2. The number of nitrogens with one attached hydrogen (secondary N) is 1. The zero-order valence-corrected chi connectivity index (χ0v) is 16.4. The van der Waals surface area contributed by atoms with Gasteiger partial charge in [-0.05, 0) is 26.2 Å². The number of nitrogens with zero attached hydrogens (tertiary/aromatic N) is 1. The average molecular weight is 374 g/mol.